The summed E-state index contributed by atoms with van der Waals surface area (Å²) < 4.78 is 13.7. The van der Waals surface area contributed by atoms with E-state index in [0.29, 0.717) is 17.4 Å². The zero-order valence-corrected chi connectivity index (χ0v) is 11.8. The van der Waals surface area contributed by atoms with E-state index < -0.39 is 0 Å². The van der Waals surface area contributed by atoms with E-state index in [4.69, 9.17) is 0 Å². The van der Waals surface area contributed by atoms with Gasteiger partial charge in [-0.1, -0.05) is 12.1 Å². The number of rotatable bonds is 2. The highest BCUT2D eigenvalue weighted by Gasteiger charge is 2.21. The molecule has 1 aromatic carbocycles. The average molecular weight is 271 g/mol. The fourth-order valence-corrected chi connectivity index (χ4v) is 2.72. The van der Waals surface area contributed by atoms with Gasteiger partial charge < -0.3 is 5.32 Å². The smallest absolute Gasteiger partial charge is 0.159 e. The van der Waals surface area contributed by atoms with E-state index in [0.717, 1.165) is 30.5 Å². The van der Waals surface area contributed by atoms with Crippen LogP contribution in [0.15, 0.2) is 24.4 Å². The lowest BCUT2D eigenvalue weighted by molar-refractivity contribution is 0.488. The van der Waals surface area contributed by atoms with E-state index in [-0.39, 0.29) is 5.82 Å². The Balaban J connectivity index is 2.01. The van der Waals surface area contributed by atoms with Gasteiger partial charge in [0, 0.05) is 29.1 Å². The van der Waals surface area contributed by atoms with Crippen LogP contribution in [0.2, 0.25) is 0 Å². The van der Waals surface area contributed by atoms with Crippen molar-refractivity contribution >= 4 is 0 Å². The van der Waals surface area contributed by atoms with Crippen LogP contribution in [0.1, 0.15) is 35.7 Å². The van der Waals surface area contributed by atoms with Crippen molar-refractivity contribution in [2.75, 3.05) is 7.05 Å². The van der Waals surface area contributed by atoms with Gasteiger partial charge in [0.2, 0.25) is 0 Å². The molecule has 0 fully saturated rings. The quantitative estimate of drug-likeness (QED) is 0.911. The van der Waals surface area contributed by atoms with Crippen LogP contribution in [0, 0.1) is 12.7 Å². The average Bonchev–Trinajstić information content (AvgIpc) is 2.48. The molecule has 4 heteroatoms. The molecule has 1 unspecified atom stereocenters. The Bertz CT molecular complexity index is 640. The topological polar surface area (TPSA) is 37.8 Å². The molecule has 1 N–H and O–H groups in total. The Morgan fingerprint density at radius 1 is 1.35 bits per heavy atom. The molecule has 1 heterocycles. The first-order valence-corrected chi connectivity index (χ1v) is 6.98. The molecule has 0 aliphatic heterocycles. The summed E-state index contributed by atoms with van der Waals surface area (Å²) in [4.78, 5) is 9.05. The number of nitrogens with zero attached hydrogens (tertiary/aromatic N) is 2. The summed E-state index contributed by atoms with van der Waals surface area (Å²) in [6, 6.07) is 5.49. The fourth-order valence-electron chi connectivity index (χ4n) is 2.72. The fraction of sp³-hybridized carbons (Fsp3) is 0.375. The lowest BCUT2D eigenvalue weighted by atomic mass is 9.92. The third-order valence-electron chi connectivity index (χ3n) is 3.96. The van der Waals surface area contributed by atoms with E-state index in [1.54, 1.807) is 13.0 Å². The van der Waals surface area contributed by atoms with E-state index in [2.05, 4.69) is 15.3 Å². The van der Waals surface area contributed by atoms with Gasteiger partial charge >= 0.3 is 0 Å². The molecule has 1 aliphatic rings. The van der Waals surface area contributed by atoms with Gasteiger partial charge in [-0.25, -0.2) is 14.4 Å². The number of hydrogen-bond donors (Lipinski definition) is 1. The predicted molar refractivity (Wildman–Crippen MR) is 76.9 cm³/mol. The Labute approximate surface area is 118 Å². The number of aryl methyl sites for hydroxylation is 2. The Morgan fingerprint density at radius 2 is 2.20 bits per heavy atom. The third-order valence-corrected chi connectivity index (χ3v) is 3.96. The van der Waals surface area contributed by atoms with Gasteiger partial charge in [0.25, 0.3) is 0 Å². The minimum absolute atomic E-state index is 0.211. The van der Waals surface area contributed by atoms with Crippen molar-refractivity contribution in [3.05, 3.63) is 47.0 Å². The minimum Gasteiger partial charge on any atom is -0.313 e. The molecule has 1 aliphatic carbocycles. The van der Waals surface area contributed by atoms with Crippen LogP contribution in [-0.2, 0) is 6.42 Å². The first kappa shape index (κ1) is 13.2. The van der Waals surface area contributed by atoms with Gasteiger partial charge in [0.1, 0.15) is 5.82 Å². The molecule has 0 radical (unpaired) electrons. The normalized spacial score (nSPS) is 17.9. The first-order valence-electron chi connectivity index (χ1n) is 6.98. The molecule has 0 amide bonds. The van der Waals surface area contributed by atoms with E-state index in [1.165, 1.54) is 11.6 Å². The molecular weight excluding hydrogens is 253 g/mol. The molecule has 1 atom stereocenters. The highest BCUT2D eigenvalue weighted by Crippen LogP contribution is 2.29. The van der Waals surface area contributed by atoms with Gasteiger partial charge in [0.05, 0.1) is 0 Å². The molecule has 104 valence electrons. The van der Waals surface area contributed by atoms with Crippen LogP contribution < -0.4 is 5.32 Å². The SMILES string of the molecule is CNC1CCCc2nc(-c3ccc(C)c(F)c3)ncc21. The second-order valence-electron chi connectivity index (χ2n) is 5.29. The van der Waals surface area contributed by atoms with E-state index in [9.17, 15) is 4.39 Å². The van der Waals surface area contributed by atoms with Gasteiger partial charge in [0.15, 0.2) is 5.82 Å². The maximum Gasteiger partial charge on any atom is 0.159 e. The summed E-state index contributed by atoms with van der Waals surface area (Å²) in [7, 11) is 1.96. The van der Waals surface area contributed by atoms with Crippen LogP contribution in [-0.4, -0.2) is 17.0 Å². The Morgan fingerprint density at radius 3 is 2.95 bits per heavy atom. The molecule has 0 spiro atoms. The summed E-state index contributed by atoms with van der Waals surface area (Å²) >= 11 is 0. The van der Waals surface area contributed by atoms with Crippen molar-refractivity contribution in [1.29, 1.82) is 0 Å². The minimum atomic E-state index is -0.211. The number of halogens is 1. The summed E-state index contributed by atoms with van der Waals surface area (Å²) in [6.45, 7) is 1.75. The van der Waals surface area contributed by atoms with Gasteiger partial charge in [-0.05, 0) is 44.9 Å². The molecule has 3 rings (SSSR count). The van der Waals surface area contributed by atoms with Crippen LogP contribution in [0.25, 0.3) is 11.4 Å². The van der Waals surface area contributed by atoms with Crippen LogP contribution in [0.4, 0.5) is 4.39 Å². The number of nitrogens with one attached hydrogen (secondary N) is 1. The second-order valence-corrected chi connectivity index (χ2v) is 5.29. The van der Waals surface area contributed by atoms with Crippen molar-refractivity contribution < 1.29 is 4.39 Å². The van der Waals surface area contributed by atoms with Crippen LogP contribution in [0.5, 0.6) is 0 Å². The van der Waals surface area contributed by atoms with Crippen molar-refractivity contribution in [1.82, 2.24) is 15.3 Å². The number of fused-ring (bicyclic) bond motifs is 1. The molecule has 1 aromatic heterocycles. The Hall–Kier alpha value is -1.81. The zero-order chi connectivity index (χ0) is 14.1. The molecule has 20 heavy (non-hydrogen) atoms. The largest absolute Gasteiger partial charge is 0.313 e. The maximum absolute atomic E-state index is 13.7. The van der Waals surface area contributed by atoms with E-state index in [1.807, 2.05) is 19.3 Å². The summed E-state index contributed by atoms with van der Waals surface area (Å²) in [6.07, 6.45) is 5.09. The maximum atomic E-state index is 13.7. The Kier molecular flexibility index (Phi) is 3.49. The molecule has 2 aromatic rings. The van der Waals surface area contributed by atoms with Crippen LogP contribution >= 0.6 is 0 Å². The standard InChI is InChI=1S/C16H18FN3/c1-10-6-7-11(8-13(10)17)16-19-9-12-14(18-2)4-3-5-15(12)20-16/h6-9,14,18H,3-5H2,1-2H3. The first-order chi connectivity index (χ1) is 9.69. The number of hydrogen-bond acceptors (Lipinski definition) is 3. The molecule has 0 saturated heterocycles. The summed E-state index contributed by atoms with van der Waals surface area (Å²) in [5, 5.41) is 3.30. The second kappa shape index (κ2) is 5.29. The molecular formula is C16H18FN3. The molecule has 0 saturated carbocycles. The monoisotopic (exact) mass is 271 g/mol. The van der Waals surface area contributed by atoms with Crippen molar-refractivity contribution in [2.24, 2.45) is 0 Å². The third kappa shape index (κ3) is 2.31. The van der Waals surface area contributed by atoms with Gasteiger partial charge in [-0.3, -0.25) is 0 Å². The van der Waals surface area contributed by atoms with Crippen molar-refractivity contribution in [3.63, 3.8) is 0 Å². The highest BCUT2D eigenvalue weighted by atomic mass is 19.1. The lowest BCUT2D eigenvalue weighted by Crippen LogP contribution is -2.22. The highest BCUT2D eigenvalue weighted by molar-refractivity contribution is 5.56. The van der Waals surface area contributed by atoms with Crippen LogP contribution in [0.3, 0.4) is 0 Å². The van der Waals surface area contributed by atoms with Crippen molar-refractivity contribution in [2.45, 2.75) is 32.2 Å². The lowest BCUT2D eigenvalue weighted by Gasteiger charge is -2.24. The molecule has 3 nitrogen and oxygen atoms in total. The summed E-state index contributed by atoms with van der Waals surface area (Å²) in [5.41, 5.74) is 3.64. The molecule has 0 bridgehead atoms. The van der Waals surface area contributed by atoms with Gasteiger partial charge in [-0.2, -0.15) is 0 Å². The van der Waals surface area contributed by atoms with Crippen molar-refractivity contribution in [3.8, 4) is 11.4 Å². The zero-order valence-electron chi connectivity index (χ0n) is 11.8. The van der Waals surface area contributed by atoms with Gasteiger partial charge in [-0.15, -0.1) is 0 Å². The number of benzene rings is 1. The number of aromatic nitrogens is 2. The predicted octanol–water partition coefficient (Wildman–Crippen LogP) is 3.19. The summed E-state index contributed by atoms with van der Waals surface area (Å²) in [5.74, 6) is 0.399. The van der Waals surface area contributed by atoms with E-state index >= 15 is 0 Å².